The zero-order chi connectivity index (χ0) is 20.5. The van der Waals surface area contributed by atoms with Gasteiger partial charge in [-0.15, -0.1) is 0 Å². The first kappa shape index (κ1) is 19.3. The van der Waals surface area contributed by atoms with E-state index in [1.54, 1.807) is 10.9 Å². The zero-order valence-electron chi connectivity index (χ0n) is 17.3. The van der Waals surface area contributed by atoms with E-state index >= 15 is 0 Å². The van der Waals surface area contributed by atoms with Crippen molar-refractivity contribution in [1.82, 2.24) is 19.7 Å². The van der Waals surface area contributed by atoms with E-state index in [1.165, 1.54) is 11.1 Å². The molecule has 0 atom stereocenters. The van der Waals surface area contributed by atoms with Crippen LogP contribution in [-0.4, -0.2) is 25.5 Å². The monoisotopic (exact) mass is 389 g/mol. The molecule has 3 aromatic rings. The van der Waals surface area contributed by atoms with Gasteiger partial charge in [-0.05, 0) is 54.4 Å². The van der Waals surface area contributed by atoms with Gasteiger partial charge < -0.3 is 5.73 Å². The Morgan fingerprint density at radius 1 is 1.17 bits per heavy atom. The number of anilines is 1. The van der Waals surface area contributed by atoms with Gasteiger partial charge >= 0.3 is 0 Å². The van der Waals surface area contributed by atoms with Crippen molar-refractivity contribution in [2.45, 2.75) is 52.4 Å². The Kier molecular flexibility index (Phi) is 5.18. The summed E-state index contributed by atoms with van der Waals surface area (Å²) in [5, 5.41) is 4.64. The second kappa shape index (κ2) is 7.78. The van der Waals surface area contributed by atoms with Gasteiger partial charge in [0.1, 0.15) is 5.69 Å². The standard InChI is InChI=1S/C23H27N5O/c1-4-14-8-6-9-15(5-2)18(14)12-19(29)21-17-11-7-10-16-13-25-23(24)26-20(16)22(17)28(3)27-21/h6,8-9,13H,4-5,7,10-12H2,1-3H3,(H2,24,25,26). The van der Waals surface area contributed by atoms with Crippen LogP contribution in [0.15, 0.2) is 24.4 Å². The Bertz CT molecular complexity index is 1060. The van der Waals surface area contributed by atoms with Gasteiger partial charge in [0.05, 0.1) is 11.4 Å². The van der Waals surface area contributed by atoms with Gasteiger partial charge in [0.15, 0.2) is 5.78 Å². The average Bonchev–Trinajstić information content (AvgIpc) is 2.93. The second-order valence-electron chi connectivity index (χ2n) is 7.62. The lowest BCUT2D eigenvalue weighted by Gasteiger charge is -2.12. The number of aromatic nitrogens is 4. The summed E-state index contributed by atoms with van der Waals surface area (Å²) < 4.78 is 1.78. The van der Waals surface area contributed by atoms with Crippen LogP contribution in [0, 0.1) is 0 Å². The van der Waals surface area contributed by atoms with Crippen LogP contribution < -0.4 is 5.73 Å². The van der Waals surface area contributed by atoms with Crippen LogP contribution in [0.1, 0.15) is 58.6 Å². The number of aryl methyl sites for hydroxylation is 4. The fraction of sp³-hybridized carbons (Fsp3) is 0.391. The first-order valence-electron chi connectivity index (χ1n) is 10.3. The average molecular weight is 390 g/mol. The predicted octanol–water partition coefficient (Wildman–Crippen LogP) is 3.50. The van der Waals surface area contributed by atoms with E-state index < -0.39 is 0 Å². The smallest absolute Gasteiger partial charge is 0.220 e. The molecule has 4 rings (SSSR count). The van der Waals surface area contributed by atoms with Crippen LogP contribution in [-0.2, 0) is 39.2 Å². The molecule has 0 radical (unpaired) electrons. The van der Waals surface area contributed by atoms with Crippen molar-refractivity contribution in [3.8, 4) is 11.4 Å². The lowest BCUT2D eigenvalue weighted by atomic mass is 9.92. The molecule has 6 heteroatoms. The Balaban J connectivity index is 1.78. The fourth-order valence-corrected chi connectivity index (χ4v) is 4.41. The highest BCUT2D eigenvalue weighted by atomic mass is 16.1. The summed E-state index contributed by atoms with van der Waals surface area (Å²) in [6.45, 7) is 4.27. The SMILES string of the molecule is CCc1cccc(CC)c1CC(=O)c1nn(C)c2c1CCCc1cnc(N)nc1-2. The highest BCUT2D eigenvalue weighted by molar-refractivity contribution is 5.99. The van der Waals surface area contributed by atoms with Crippen molar-refractivity contribution in [3.63, 3.8) is 0 Å². The number of fused-ring (bicyclic) bond motifs is 3. The van der Waals surface area contributed by atoms with Crippen molar-refractivity contribution in [2.24, 2.45) is 7.05 Å². The predicted molar refractivity (Wildman–Crippen MR) is 114 cm³/mol. The molecule has 2 heterocycles. The molecule has 0 amide bonds. The molecule has 150 valence electrons. The number of nitrogens with zero attached hydrogens (tertiary/aromatic N) is 4. The van der Waals surface area contributed by atoms with Gasteiger partial charge in [-0.3, -0.25) is 9.48 Å². The number of nitrogen functional groups attached to an aromatic ring is 1. The summed E-state index contributed by atoms with van der Waals surface area (Å²) in [5.74, 6) is 0.318. The molecule has 0 saturated heterocycles. The largest absolute Gasteiger partial charge is 0.368 e. The Hall–Kier alpha value is -3.02. The third-order valence-electron chi connectivity index (χ3n) is 5.86. The quantitative estimate of drug-likeness (QED) is 0.675. The minimum absolute atomic E-state index is 0.0722. The van der Waals surface area contributed by atoms with Crippen LogP contribution in [0.3, 0.4) is 0 Å². The van der Waals surface area contributed by atoms with Gasteiger partial charge in [-0.1, -0.05) is 32.0 Å². The van der Waals surface area contributed by atoms with Crippen LogP contribution in [0.25, 0.3) is 11.4 Å². The molecular formula is C23H27N5O. The van der Waals surface area contributed by atoms with E-state index in [2.05, 4.69) is 47.1 Å². The van der Waals surface area contributed by atoms with Gasteiger partial charge in [0, 0.05) is 25.2 Å². The summed E-state index contributed by atoms with van der Waals surface area (Å²) in [5.41, 5.74) is 13.8. The Labute approximate surface area is 171 Å². The molecule has 2 aromatic heterocycles. The summed E-state index contributed by atoms with van der Waals surface area (Å²) in [6, 6.07) is 6.33. The summed E-state index contributed by atoms with van der Waals surface area (Å²) in [7, 11) is 1.88. The maximum absolute atomic E-state index is 13.4. The van der Waals surface area contributed by atoms with Crippen molar-refractivity contribution in [1.29, 1.82) is 0 Å². The molecule has 0 fully saturated rings. The first-order chi connectivity index (χ1) is 14.0. The molecule has 0 spiro atoms. The van der Waals surface area contributed by atoms with Gasteiger partial charge in [0.2, 0.25) is 5.95 Å². The number of benzene rings is 1. The maximum Gasteiger partial charge on any atom is 0.220 e. The fourth-order valence-electron chi connectivity index (χ4n) is 4.41. The van der Waals surface area contributed by atoms with Gasteiger partial charge in [-0.2, -0.15) is 5.10 Å². The molecule has 2 N–H and O–H groups in total. The minimum atomic E-state index is 0.0722. The number of hydrogen-bond acceptors (Lipinski definition) is 5. The number of Topliss-reactive ketones (excluding diaryl/α,β-unsaturated/α-hetero) is 1. The number of rotatable bonds is 5. The molecule has 6 nitrogen and oxygen atoms in total. The maximum atomic E-state index is 13.4. The summed E-state index contributed by atoms with van der Waals surface area (Å²) >= 11 is 0. The van der Waals surface area contributed by atoms with Crippen molar-refractivity contribution in [2.75, 3.05) is 5.73 Å². The van der Waals surface area contributed by atoms with Crippen molar-refractivity contribution < 1.29 is 4.79 Å². The van der Waals surface area contributed by atoms with Crippen LogP contribution in [0.5, 0.6) is 0 Å². The third kappa shape index (κ3) is 3.43. The summed E-state index contributed by atoms with van der Waals surface area (Å²) in [4.78, 5) is 22.0. The molecule has 0 bridgehead atoms. The van der Waals surface area contributed by atoms with Crippen LogP contribution >= 0.6 is 0 Å². The van der Waals surface area contributed by atoms with Gasteiger partial charge in [0.25, 0.3) is 0 Å². The molecule has 0 aliphatic heterocycles. The second-order valence-corrected chi connectivity index (χ2v) is 7.62. The number of nitrogens with two attached hydrogens (primary N) is 1. The molecule has 0 unspecified atom stereocenters. The zero-order valence-corrected chi connectivity index (χ0v) is 17.3. The third-order valence-corrected chi connectivity index (χ3v) is 5.86. The van der Waals surface area contributed by atoms with Crippen LogP contribution in [0.2, 0.25) is 0 Å². The van der Waals surface area contributed by atoms with E-state index in [9.17, 15) is 4.79 Å². The molecule has 1 aliphatic rings. The molecule has 1 aromatic carbocycles. The number of ketones is 1. The number of carbonyl (C=O) groups is 1. The molecule has 29 heavy (non-hydrogen) atoms. The van der Waals surface area contributed by atoms with E-state index in [0.717, 1.165) is 60.2 Å². The molecule has 0 saturated carbocycles. The van der Waals surface area contributed by atoms with Crippen molar-refractivity contribution >= 4 is 11.7 Å². The topological polar surface area (TPSA) is 86.7 Å². The highest BCUT2D eigenvalue weighted by Gasteiger charge is 2.27. The lowest BCUT2D eigenvalue weighted by molar-refractivity contribution is 0.0986. The van der Waals surface area contributed by atoms with E-state index in [0.29, 0.717) is 12.1 Å². The van der Waals surface area contributed by atoms with Crippen molar-refractivity contribution in [3.05, 3.63) is 57.9 Å². The van der Waals surface area contributed by atoms with Gasteiger partial charge in [-0.25, -0.2) is 9.97 Å². The van der Waals surface area contributed by atoms with E-state index in [1.807, 2.05) is 7.05 Å². The normalized spacial score (nSPS) is 12.9. The highest BCUT2D eigenvalue weighted by Crippen LogP contribution is 2.33. The van der Waals surface area contributed by atoms with E-state index in [4.69, 9.17) is 5.73 Å². The first-order valence-corrected chi connectivity index (χ1v) is 10.3. The molecule has 1 aliphatic carbocycles. The van der Waals surface area contributed by atoms with E-state index in [-0.39, 0.29) is 11.7 Å². The molecular weight excluding hydrogens is 362 g/mol. The minimum Gasteiger partial charge on any atom is -0.368 e. The Morgan fingerprint density at radius 3 is 2.59 bits per heavy atom. The van der Waals surface area contributed by atoms with Crippen LogP contribution in [0.4, 0.5) is 5.95 Å². The number of carbonyl (C=O) groups excluding carboxylic acids is 1. The number of hydrogen-bond donors (Lipinski definition) is 1. The summed E-state index contributed by atoms with van der Waals surface area (Å²) in [6.07, 6.45) is 6.63. The Morgan fingerprint density at radius 2 is 1.90 bits per heavy atom. The lowest BCUT2D eigenvalue weighted by Crippen LogP contribution is -2.11.